The van der Waals surface area contributed by atoms with Crippen molar-refractivity contribution in [2.75, 3.05) is 12.8 Å². The molecular weight excluding hydrogens is 142 g/mol. The lowest BCUT2D eigenvalue weighted by molar-refractivity contribution is 0.408. The number of rotatable bonds is 4. The molecule has 0 radical (unpaired) electrons. The van der Waals surface area contributed by atoms with E-state index in [9.17, 15) is 0 Å². The highest BCUT2D eigenvalue weighted by molar-refractivity contribution is 7.99. The average Bonchev–Trinajstić information content (AvgIpc) is 1.90. The molecule has 10 heavy (non-hydrogen) atoms. The molecule has 0 amide bonds. The van der Waals surface area contributed by atoms with Crippen LogP contribution in [0.25, 0.3) is 0 Å². The molecule has 0 saturated carbocycles. The molecule has 0 saturated heterocycles. The minimum atomic E-state index is 0.639. The first-order valence-electron chi connectivity index (χ1n) is 3.86. The largest absolute Gasteiger partial charge is 0.329 e. The Bertz CT molecular complexity index is 79.3. The maximum Gasteiger partial charge on any atom is 0.0195 e. The van der Waals surface area contributed by atoms with Crippen LogP contribution in [-0.2, 0) is 0 Å². The van der Waals surface area contributed by atoms with Crippen LogP contribution in [0.1, 0.15) is 20.8 Å². The fourth-order valence-electron chi connectivity index (χ4n) is 0.955. The van der Waals surface area contributed by atoms with Gasteiger partial charge in [-0.1, -0.05) is 20.8 Å². The predicted molar refractivity (Wildman–Crippen MR) is 50.4 cm³/mol. The summed E-state index contributed by atoms with van der Waals surface area (Å²) >= 11 is 1.88. The molecule has 0 aromatic rings. The smallest absolute Gasteiger partial charge is 0.0195 e. The minimum Gasteiger partial charge on any atom is -0.329 e. The SMILES string of the molecule is CSC(CN)C(C)C(C)C. The molecule has 0 aliphatic rings. The monoisotopic (exact) mass is 161 g/mol. The highest BCUT2D eigenvalue weighted by Crippen LogP contribution is 2.22. The fourth-order valence-corrected chi connectivity index (χ4v) is 1.89. The van der Waals surface area contributed by atoms with Gasteiger partial charge in [-0.25, -0.2) is 0 Å². The van der Waals surface area contributed by atoms with E-state index in [0.29, 0.717) is 5.25 Å². The minimum absolute atomic E-state index is 0.639. The van der Waals surface area contributed by atoms with Crippen LogP contribution in [-0.4, -0.2) is 18.1 Å². The second-order valence-electron chi connectivity index (χ2n) is 3.11. The second-order valence-corrected chi connectivity index (χ2v) is 4.19. The third kappa shape index (κ3) is 2.93. The van der Waals surface area contributed by atoms with E-state index < -0.39 is 0 Å². The summed E-state index contributed by atoms with van der Waals surface area (Å²) in [6, 6.07) is 0. The molecule has 0 spiro atoms. The molecule has 0 fully saturated rings. The van der Waals surface area contributed by atoms with Crippen molar-refractivity contribution in [3.8, 4) is 0 Å². The van der Waals surface area contributed by atoms with Crippen molar-refractivity contribution in [2.24, 2.45) is 17.6 Å². The Morgan fingerprint density at radius 3 is 1.90 bits per heavy atom. The van der Waals surface area contributed by atoms with Gasteiger partial charge in [-0.15, -0.1) is 0 Å². The molecule has 0 bridgehead atoms. The Kier molecular flexibility index (Phi) is 5.18. The number of hydrogen-bond acceptors (Lipinski definition) is 2. The zero-order chi connectivity index (χ0) is 8.15. The van der Waals surface area contributed by atoms with Gasteiger partial charge >= 0.3 is 0 Å². The molecule has 0 aromatic heterocycles. The molecular formula is C8H19NS. The van der Waals surface area contributed by atoms with Crippen LogP contribution in [0, 0.1) is 11.8 Å². The van der Waals surface area contributed by atoms with Crippen LogP contribution in [0.5, 0.6) is 0 Å². The van der Waals surface area contributed by atoms with E-state index in [1.165, 1.54) is 0 Å². The Morgan fingerprint density at radius 1 is 1.30 bits per heavy atom. The second kappa shape index (κ2) is 5.03. The van der Waals surface area contributed by atoms with Gasteiger partial charge in [0.15, 0.2) is 0 Å². The number of thioether (sulfide) groups is 1. The lowest BCUT2D eigenvalue weighted by Gasteiger charge is -2.23. The molecule has 2 N–H and O–H groups in total. The van der Waals surface area contributed by atoms with Gasteiger partial charge in [-0.05, 0) is 18.1 Å². The Hall–Kier alpha value is 0.310. The summed E-state index contributed by atoms with van der Waals surface area (Å²) in [5, 5.41) is 0.639. The van der Waals surface area contributed by atoms with Crippen LogP contribution in [0.3, 0.4) is 0 Å². The molecule has 0 aromatic carbocycles. The Morgan fingerprint density at radius 2 is 1.80 bits per heavy atom. The van der Waals surface area contributed by atoms with E-state index in [1.54, 1.807) is 0 Å². The van der Waals surface area contributed by atoms with E-state index in [4.69, 9.17) is 5.73 Å². The van der Waals surface area contributed by atoms with E-state index >= 15 is 0 Å². The van der Waals surface area contributed by atoms with Crippen molar-refractivity contribution < 1.29 is 0 Å². The standard InChI is InChI=1S/C8H19NS/c1-6(2)7(3)8(5-9)10-4/h6-8H,5,9H2,1-4H3. The lowest BCUT2D eigenvalue weighted by Crippen LogP contribution is -2.27. The molecule has 0 heterocycles. The average molecular weight is 161 g/mol. The zero-order valence-corrected chi connectivity index (χ0v) is 8.24. The van der Waals surface area contributed by atoms with Gasteiger partial charge in [-0.2, -0.15) is 11.8 Å². The van der Waals surface area contributed by atoms with Gasteiger partial charge in [-0.3, -0.25) is 0 Å². The maximum atomic E-state index is 5.60. The van der Waals surface area contributed by atoms with Gasteiger partial charge in [0.25, 0.3) is 0 Å². The third-order valence-corrected chi connectivity index (χ3v) is 3.40. The first-order chi connectivity index (χ1) is 4.63. The Balaban J connectivity index is 3.76. The van der Waals surface area contributed by atoms with Gasteiger partial charge < -0.3 is 5.73 Å². The van der Waals surface area contributed by atoms with Crippen molar-refractivity contribution in [3.63, 3.8) is 0 Å². The van der Waals surface area contributed by atoms with Crippen LogP contribution in [0.4, 0.5) is 0 Å². The van der Waals surface area contributed by atoms with Crippen molar-refractivity contribution in [1.29, 1.82) is 0 Å². The molecule has 1 nitrogen and oxygen atoms in total. The van der Waals surface area contributed by atoms with E-state index in [1.807, 2.05) is 11.8 Å². The normalized spacial score (nSPS) is 17.4. The first-order valence-corrected chi connectivity index (χ1v) is 5.15. The number of hydrogen-bond donors (Lipinski definition) is 1. The van der Waals surface area contributed by atoms with Gasteiger partial charge in [0.05, 0.1) is 0 Å². The van der Waals surface area contributed by atoms with E-state index in [0.717, 1.165) is 18.4 Å². The first kappa shape index (κ1) is 10.3. The number of nitrogens with two attached hydrogens (primary N) is 1. The fraction of sp³-hybridized carbons (Fsp3) is 1.00. The van der Waals surface area contributed by atoms with Gasteiger partial charge in [0, 0.05) is 11.8 Å². The summed E-state index contributed by atoms with van der Waals surface area (Å²) in [5.41, 5.74) is 5.60. The lowest BCUT2D eigenvalue weighted by atomic mass is 9.94. The third-order valence-electron chi connectivity index (χ3n) is 2.17. The van der Waals surface area contributed by atoms with Crippen molar-refractivity contribution >= 4 is 11.8 Å². The summed E-state index contributed by atoms with van der Waals surface area (Å²) in [6.45, 7) is 7.59. The highest BCUT2D eigenvalue weighted by atomic mass is 32.2. The quantitative estimate of drug-likeness (QED) is 0.682. The van der Waals surface area contributed by atoms with Crippen molar-refractivity contribution in [1.82, 2.24) is 0 Å². The van der Waals surface area contributed by atoms with E-state index in [-0.39, 0.29) is 0 Å². The molecule has 0 rings (SSSR count). The van der Waals surface area contributed by atoms with Crippen LogP contribution in [0.2, 0.25) is 0 Å². The summed E-state index contributed by atoms with van der Waals surface area (Å²) in [4.78, 5) is 0. The molecule has 2 unspecified atom stereocenters. The topological polar surface area (TPSA) is 26.0 Å². The highest BCUT2D eigenvalue weighted by Gasteiger charge is 2.16. The summed E-state index contributed by atoms with van der Waals surface area (Å²) in [7, 11) is 0. The summed E-state index contributed by atoms with van der Waals surface area (Å²) < 4.78 is 0. The maximum absolute atomic E-state index is 5.60. The summed E-state index contributed by atoms with van der Waals surface area (Å²) in [6.07, 6.45) is 2.14. The summed E-state index contributed by atoms with van der Waals surface area (Å²) in [5.74, 6) is 1.49. The molecule has 0 aliphatic carbocycles. The van der Waals surface area contributed by atoms with E-state index in [2.05, 4.69) is 27.0 Å². The van der Waals surface area contributed by atoms with Crippen LogP contribution in [0.15, 0.2) is 0 Å². The van der Waals surface area contributed by atoms with Crippen LogP contribution < -0.4 is 5.73 Å². The predicted octanol–water partition coefficient (Wildman–Crippen LogP) is 1.97. The molecule has 2 atom stereocenters. The van der Waals surface area contributed by atoms with Crippen molar-refractivity contribution in [2.45, 2.75) is 26.0 Å². The van der Waals surface area contributed by atoms with Gasteiger partial charge in [0.2, 0.25) is 0 Å². The zero-order valence-electron chi connectivity index (χ0n) is 7.42. The van der Waals surface area contributed by atoms with Crippen molar-refractivity contribution in [3.05, 3.63) is 0 Å². The molecule has 2 heteroatoms. The molecule has 0 aliphatic heterocycles. The molecule has 62 valence electrons. The Labute approximate surface area is 68.8 Å². The van der Waals surface area contributed by atoms with Crippen LogP contribution >= 0.6 is 11.8 Å². The van der Waals surface area contributed by atoms with Gasteiger partial charge in [0.1, 0.15) is 0 Å².